The number of H-pyrrole nitrogens is 1. The molecule has 3 heterocycles. The molecule has 1 amide bonds. The predicted octanol–water partition coefficient (Wildman–Crippen LogP) is 0.928. The maximum atomic E-state index is 12.8. The van der Waals surface area contributed by atoms with Crippen molar-refractivity contribution in [2.24, 2.45) is 5.92 Å². The lowest BCUT2D eigenvalue weighted by Crippen LogP contribution is -2.39. The Kier molecular flexibility index (Phi) is 5.89. The molecule has 30 heavy (non-hydrogen) atoms. The number of rotatable bonds is 6. The molecular weight excluding hydrogens is 406 g/mol. The molecule has 4 N–H and O–H groups in total. The van der Waals surface area contributed by atoms with Crippen molar-refractivity contribution in [3.8, 4) is 0 Å². The summed E-state index contributed by atoms with van der Waals surface area (Å²) in [7, 11) is -3.54. The van der Waals surface area contributed by atoms with Gasteiger partial charge in [-0.3, -0.25) is 9.89 Å². The number of aliphatic hydroxyl groups is 1. The molecule has 160 valence electrons. The number of carbonyl (C=O) groups excluding carboxylic acids is 1. The number of hydrogen-bond donors (Lipinski definition) is 4. The molecule has 2 aliphatic rings. The van der Waals surface area contributed by atoms with E-state index in [9.17, 15) is 18.3 Å². The minimum absolute atomic E-state index is 0.102. The number of carbonyl (C=O) groups is 1. The summed E-state index contributed by atoms with van der Waals surface area (Å²) < 4.78 is 27.1. The number of anilines is 1. The van der Waals surface area contributed by atoms with Crippen LogP contribution in [-0.2, 0) is 21.4 Å². The van der Waals surface area contributed by atoms with Gasteiger partial charge in [-0.05, 0) is 42.5 Å². The summed E-state index contributed by atoms with van der Waals surface area (Å²) in [6.45, 7) is 1.66. The van der Waals surface area contributed by atoms with Crippen LogP contribution in [0.1, 0.15) is 24.0 Å². The Bertz CT molecular complexity index is 1040. The third kappa shape index (κ3) is 4.25. The Morgan fingerprint density at radius 1 is 1.23 bits per heavy atom. The Morgan fingerprint density at radius 3 is 2.67 bits per heavy atom. The number of fused-ring (bicyclic) bond motifs is 1. The van der Waals surface area contributed by atoms with Crippen molar-refractivity contribution < 1.29 is 18.3 Å². The number of amides is 1. The van der Waals surface area contributed by atoms with E-state index in [0.717, 1.165) is 16.9 Å². The fraction of sp³-hybridized carbons (Fsp3) is 0.400. The van der Waals surface area contributed by atoms with Gasteiger partial charge in [0.1, 0.15) is 5.82 Å². The van der Waals surface area contributed by atoms with E-state index < -0.39 is 10.0 Å². The normalized spacial score (nSPS) is 17.7. The van der Waals surface area contributed by atoms with E-state index >= 15 is 0 Å². The first-order valence-electron chi connectivity index (χ1n) is 9.93. The van der Waals surface area contributed by atoms with Gasteiger partial charge in [-0.2, -0.15) is 9.40 Å². The molecule has 4 rings (SSSR count). The molecule has 10 heteroatoms. The first kappa shape index (κ1) is 20.6. The highest BCUT2D eigenvalue weighted by Crippen LogP contribution is 2.24. The van der Waals surface area contributed by atoms with Crippen LogP contribution in [0.3, 0.4) is 0 Å². The second-order valence-corrected chi connectivity index (χ2v) is 9.52. The summed E-state index contributed by atoms with van der Waals surface area (Å²) >= 11 is 0. The molecule has 0 unspecified atom stereocenters. The molecule has 1 aromatic carbocycles. The van der Waals surface area contributed by atoms with Crippen LogP contribution in [0.4, 0.5) is 5.82 Å². The number of benzene rings is 1. The molecule has 1 fully saturated rings. The minimum atomic E-state index is -3.54. The number of aromatic amines is 1. The van der Waals surface area contributed by atoms with Crippen LogP contribution in [0.2, 0.25) is 0 Å². The summed E-state index contributed by atoms with van der Waals surface area (Å²) in [6, 6.07) is 6.59. The number of piperidine rings is 1. The number of hydrogen-bond acceptors (Lipinski definition) is 6. The van der Waals surface area contributed by atoms with Crippen LogP contribution in [-0.4, -0.2) is 60.2 Å². The van der Waals surface area contributed by atoms with Gasteiger partial charge in [-0.15, -0.1) is 0 Å². The van der Waals surface area contributed by atoms with Gasteiger partial charge in [0.15, 0.2) is 0 Å². The van der Waals surface area contributed by atoms with Crippen LogP contribution in [0.5, 0.6) is 0 Å². The zero-order valence-corrected chi connectivity index (χ0v) is 17.3. The van der Waals surface area contributed by atoms with Gasteiger partial charge >= 0.3 is 0 Å². The molecule has 0 bridgehead atoms. The van der Waals surface area contributed by atoms with Crippen molar-refractivity contribution in [1.82, 2.24) is 19.8 Å². The van der Waals surface area contributed by atoms with Gasteiger partial charge in [0.25, 0.3) is 0 Å². The van der Waals surface area contributed by atoms with E-state index in [-0.39, 0.29) is 23.3 Å². The lowest BCUT2D eigenvalue weighted by Gasteiger charge is -2.30. The first-order chi connectivity index (χ1) is 14.5. The lowest BCUT2D eigenvalue weighted by molar-refractivity contribution is -0.117. The Labute approximate surface area is 175 Å². The predicted molar refractivity (Wildman–Crippen MR) is 112 cm³/mol. The maximum absolute atomic E-state index is 12.8. The molecule has 1 saturated heterocycles. The number of nitrogens with one attached hydrogen (secondary N) is 3. The van der Waals surface area contributed by atoms with Crippen molar-refractivity contribution in [2.75, 3.05) is 31.6 Å². The molecule has 0 radical (unpaired) electrons. The highest BCUT2D eigenvalue weighted by molar-refractivity contribution is 7.89. The van der Waals surface area contributed by atoms with Crippen molar-refractivity contribution in [2.45, 2.75) is 24.3 Å². The van der Waals surface area contributed by atoms with Gasteiger partial charge in [-0.1, -0.05) is 12.1 Å². The van der Waals surface area contributed by atoms with Crippen LogP contribution >= 0.6 is 0 Å². The third-order valence-electron chi connectivity index (χ3n) is 5.59. The fourth-order valence-electron chi connectivity index (χ4n) is 3.67. The Balaban J connectivity index is 1.35. The van der Waals surface area contributed by atoms with E-state index in [0.29, 0.717) is 44.6 Å². The molecule has 0 atom stereocenters. The van der Waals surface area contributed by atoms with Gasteiger partial charge < -0.3 is 15.7 Å². The smallest absolute Gasteiger partial charge is 0.249 e. The van der Waals surface area contributed by atoms with Crippen LogP contribution in [0, 0.1) is 5.92 Å². The minimum Gasteiger partial charge on any atom is -0.396 e. The molecule has 0 aliphatic carbocycles. The van der Waals surface area contributed by atoms with E-state index in [1.165, 1.54) is 4.31 Å². The molecule has 2 aromatic rings. The second kappa shape index (κ2) is 8.58. The summed E-state index contributed by atoms with van der Waals surface area (Å²) in [4.78, 5) is 12.7. The molecule has 1 aromatic heterocycles. The summed E-state index contributed by atoms with van der Waals surface area (Å²) in [6.07, 6.45) is 4.79. The van der Waals surface area contributed by atoms with Crippen molar-refractivity contribution in [3.05, 3.63) is 47.2 Å². The lowest BCUT2D eigenvalue weighted by atomic mass is 10.00. The first-order valence-corrected chi connectivity index (χ1v) is 11.4. The van der Waals surface area contributed by atoms with E-state index in [4.69, 9.17) is 0 Å². The number of aliphatic hydroxyl groups excluding tert-OH is 1. The van der Waals surface area contributed by atoms with Crippen molar-refractivity contribution >= 4 is 27.8 Å². The summed E-state index contributed by atoms with van der Waals surface area (Å²) in [5.74, 6) is 0.791. The number of aromatic nitrogens is 2. The average molecular weight is 432 g/mol. The number of nitrogens with zero attached hydrogens (tertiary/aromatic N) is 2. The molecule has 2 aliphatic heterocycles. The van der Waals surface area contributed by atoms with Gasteiger partial charge in [0.05, 0.1) is 11.1 Å². The second-order valence-electron chi connectivity index (χ2n) is 7.58. The monoisotopic (exact) mass is 431 g/mol. The SMILES string of the molecule is O=C(NCc1ccc(S(=O)(=O)N2CCC(CO)CC2)cc1)C1=Cc2cn[nH]c2NC1. The topological polar surface area (TPSA) is 127 Å². The zero-order chi connectivity index (χ0) is 21.1. The van der Waals surface area contributed by atoms with Crippen LogP contribution in [0.15, 0.2) is 40.9 Å². The zero-order valence-electron chi connectivity index (χ0n) is 16.5. The average Bonchev–Trinajstić information content (AvgIpc) is 3.25. The summed E-state index contributed by atoms with van der Waals surface area (Å²) in [5, 5.41) is 21.9. The Morgan fingerprint density at radius 2 is 1.97 bits per heavy atom. The largest absolute Gasteiger partial charge is 0.396 e. The van der Waals surface area contributed by atoms with Gasteiger partial charge in [-0.25, -0.2) is 8.42 Å². The quantitative estimate of drug-likeness (QED) is 0.539. The van der Waals surface area contributed by atoms with Crippen molar-refractivity contribution in [3.63, 3.8) is 0 Å². The molecule has 0 saturated carbocycles. The fourth-order valence-corrected chi connectivity index (χ4v) is 5.14. The highest BCUT2D eigenvalue weighted by Gasteiger charge is 2.29. The molecule has 9 nitrogen and oxygen atoms in total. The van der Waals surface area contributed by atoms with Crippen LogP contribution < -0.4 is 10.6 Å². The number of sulfonamides is 1. The molecule has 0 spiro atoms. The van der Waals surface area contributed by atoms with Crippen LogP contribution in [0.25, 0.3) is 6.08 Å². The summed E-state index contributed by atoms with van der Waals surface area (Å²) in [5.41, 5.74) is 2.26. The third-order valence-corrected chi connectivity index (χ3v) is 7.50. The van der Waals surface area contributed by atoms with E-state index in [2.05, 4.69) is 20.8 Å². The molecular formula is C20H25N5O4S. The Hall–Kier alpha value is -2.69. The van der Waals surface area contributed by atoms with E-state index in [1.54, 1.807) is 36.5 Å². The van der Waals surface area contributed by atoms with Crippen molar-refractivity contribution in [1.29, 1.82) is 0 Å². The van der Waals surface area contributed by atoms with Gasteiger partial charge in [0, 0.05) is 43.9 Å². The van der Waals surface area contributed by atoms with Gasteiger partial charge in [0.2, 0.25) is 15.9 Å². The standard InChI is InChI=1S/C20H25N5O4S/c26-13-15-5-7-25(8-6-15)30(28,29)18-3-1-14(2-4-18)10-22-20(27)17-9-16-12-23-24-19(16)21-11-17/h1-4,9,12,15,26H,5-8,10-11,13H2,(H,22,27)(H2,21,23,24). The van der Waals surface area contributed by atoms with E-state index in [1.807, 2.05) is 0 Å². The highest BCUT2D eigenvalue weighted by atomic mass is 32.2. The maximum Gasteiger partial charge on any atom is 0.249 e.